The third kappa shape index (κ3) is 5.87. The predicted octanol–water partition coefficient (Wildman–Crippen LogP) is 5.10. The summed E-state index contributed by atoms with van der Waals surface area (Å²) >= 11 is 12.8. The lowest BCUT2D eigenvalue weighted by atomic mass is 9.72. The summed E-state index contributed by atoms with van der Waals surface area (Å²) in [5, 5.41) is 14.2. The number of likely N-dealkylation sites (tertiary alicyclic amines) is 1. The molecule has 2 fully saturated rings. The molecule has 240 valence electrons. The van der Waals surface area contributed by atoms with Gasteiger partial charge in [0.05, 0.1) is 44.5 Å². The molecular weight excluding hydrogens is 615 g/mol. The Hall–Kier alpha value is -3.01. The topological polar surface area (TPSA) is 83.5 Å². The van der Waals surface area contributed by atoms with Gasteiger partial charge in [0.2, 0.25) is 5.75 Å². The van der Waals surface area contributed by atoms with Crippen LogP contribution in [-0.2, 0) is 22.2 Å². The van der Waals surface area contributed by atoms with E-state index in [9.17, 15) is 9.90 Å². The Morgan fingerprint density at radius 1 is 0.956 bits per heavy atom. The Bertz CT molecular complexity index is 1530. The molecule has 2 heterocycles. The summed E-state index contributed by atoms with van der Waals surface area (Å²) in [5.74, 6) is 1.09. The highest BCUT2D eigenvalue weighted by Crippen LogP contribution is 2.46. The summed E-state index contributed by atoms with van der Waals surface area (Å²) in [7, 11) is 4.59. The van der Waals surface area contributed by atoms with E-state index in [1.54, 1.807) is 18.2 Å². The summed E-state index contributed by atoms with van der Waals surface area (Å²) in [5.41, 5.74) is 2.65. The molecule has 0 saturated carbocycles. The molecule has 6 rings (SSSR count). The highest BCUT2D eigenvalue weighted by Gasteiger charge is 2.45. The number of carbonyl (C=O) groups is 1. The van der Waals surface area contributed by atoms with Crippen LogP contribution in [0, 0.1) is 0 Å². The van der Waals surface area contributed by atoms with E-state index in [1.807, 2.05) is 23.1 Å². The highest BCUT2D eigenvalue weighted by atomic mass is 35.5. The predicted molar refractivity (Wildman–Crippen MR) is 172 cm³/mol. The number of ether oxygens (including phenoxy) is 4. The molecule has 8 nitrogen and oxygen atoms in total. The number of morpholine rings is 1. The Morgan fingerprint density at radius 3 is 2.33 bits per heavy atom. The number of methoxy groups -OCH3 is 3. The number of amides is 1. The number of hydrogen-bond acceptors (Lipinski definition) is 7. The maximum atomic E-state index is 14.0. The van der Waals surface area contributed by atoms with Crippen LogP contribution in [0.3, 0.4) is 0 Å². The van der Waals surface area contributed by atoms with E-state index in [1.165, 1.54) is 32.5 Å². The number of halogens is 2. The molecule has 2 atom stereocenters. The Labute approximate surface area is 274 Å². The first-order valence-corrected chi connectivity index (χ1v) is 16.1. The van der Waals surface area contributed by atoms with E-state index in [2.05, 4.69) is 23.1 Å². The fourth-order valence-corrected chi connectivity index (χ4v) is 7.75. The third-order valence-electron chi connectivity index (χ3n) is 9.99. The van der Waals surface area contributed by atoms with Crippen LogP contribution in [0.2, 0.25) is 10.0 Å². The zero-order valence-corrected chi connectivity index (χ0v) is 27.5. The lowest BCUT2D eigenvalue weighted by Gasteiger charge is -2.48. The molecule has 0 N–H and O–H groups in total. The van der Waals surface area contributed by atoms with Crippen molar-refractivity contribution in [2.75, 3.05) is 60.7 Å². The molecule has 1 spiro atoms. The van der Waals surface area contributed by atoms with Crippen LogP contribution < -0.4 is 19.3 Å². The number of fused-ring (bicyclic) bond motifs is 2. The van der Waals surface area contributed by atoms with Gasteiger partial charge in [0.1, 0.15) is 5.60 Å². The molecule has 1 amide bonds. The molecule has 0 aromatic heterocycles. The molecular formula is C35H39Cl2N2O6-. The van der Waals surface area contributed by atoms with Crippen molar-refractivity contribution in [2.24, 2.45) is 0 Å². The fraction of sp³-hybridized carbons (Fsp3) is 0.457. The largest absolute Gasteiger partial charge is 0.851 e. The zero-order chi connectivity index (χ0) is 31.8. The van der Waals surface area contributed by atoms with Gasteiger partial charge in [-0.1, -0.05) is 53.5 Å². The van der Waals surface area contributed by atoms with Crippen molar-refractivity contribution in [2.45, 2.75) is 42.8 Å². The molecule has 2 aliphatic heterocycles. The van der Waals surface area contributed by atoms with Crippen LogP contribution in [0.1, 0.15) is 46.3 Å². The molecule has 1 aliphatic carbocycles. The second kappa shape index (κ2) is 13.0. The first-order valence-electron chi connectivity index (χ1n) is 15.4. The van der Waals surface area contributed by atoms with Crippen molar-refractivity contribution in [3.63, 3.8) is 0 Å². The van der Waals surface area contributed by atoms with Crippen LogP contribution in [0.4, 0.5) is 0 Å². The first-order chi connectivity index (χ1) is 21.7. The smallest absolute Gasteiger partial charge is 0.254 e. The minimum absolute atomic E-state index is 0.164. The minimum Gasteiger partial charge on any atom is -0.851 e. The Kier molecular flexibility index (Phi) is 9.24. The van der Waals surface area contributed by atoms with Crippen molar-refractivity contribution in [1.82, 2.24) is 9.80 Å². The number of rotatable bonds is 8. The molecule has 3 aromatic carbocycles. The van der Waals surface area contributed by atoms with Gasteiger partial charge < -0.3 is 33.9 Å². The van der Waals surface area contributed by atoms with Crippen LogP contribution in [0.25, 0.3) is 0 Å². The molecule has 0 bridgehead atoms. The molecule has 1 unspecified atom stereocenters. The lowest BCUT2D eigenvalue weighted by molar-refractivity contribution is -0.436. The van der Waals surface area contributed by atoms with Crippen LogP contribution in [-0.4, -0.2) is 82.5 Å². The molecule has 3 aromatic rings. The van der Waals surface area contributed by atoms with E-state index in [-0.39, 0.29) is 11.3 Å². The van der Waals surface area contributed by atoms with Gasteiger partial charge in [0.25, 0.3) is 5.91 Å². The van der Waals surface area contributed by atoms with E-state index in [4.69, 9.17) is 42.1 Å². The van der Waals surface area contributed by atoms with Gasteiger partial charge >= 0.3 is 0 Å². The van der Waals surface area contributed by atoms with E-state index >= 15 is 0 Å². The Morgan fingerprint density at radius 2 is 1.67 bits per heavy atom. The van der Waals surface area contributed by atoms with E-state index in [0.717, 1.165) is 38.0 Å². The number of nitrogens with zero attached hydrogens (tertiary/aromatic N) is 2. The van der Waals surface area contributed by atoms with Crippen molar-refractivity contribution in [1.29, 1.82) is 0 Å². The highest BCUT2D eigenvalue weighted by molar-refractivity contribution is 6.42. The SMILES string of the molecule is COc1cc(C(=O)N2CCO[C@](CCN3CCC4(CC3)c3ccccc3CC4[O-])(c3ccc(Cl)c(Cl)c3)C2)cc(OC)c1OC. The van der Waals surface area contributed by atoms with Crippen molar-refractivity contribution in [3.8, 4) is 17.2 Å². The van der Waals surface area contributed by atoms with Crippen molar-refractivity contribution in [3.05, 3.63) is 86.9 Å². The van der Waals surface area contributed by atoms with E-state index in [0.29, 0.717) is 65.4 Å². The van der Waals surface area contributed by atoms with Gasteiger partial charge in [-0.2, -0.15) is 0 Å². The van der Waals surface area contributed by atoms with Gasteiger partial charge in [-0.05, 0) is 85.1 Å². The first kappa shape index (κ1) is 32.0. The van der Waals surface area contributed by atoms with Gasteiger partial charge in [-0.15, -0.1) is 6.10 Å². The van der Waals surface area contributed by atoms with Crippen molar-refractivity contribution >= 4 is 29.1 Å². The maximum Gasteiger partial charge on any atom is 0.254 e. The molecule has 2 saturated heterocycles. The summed E-state index contributed by atoms with van der Waals surface area (Å²) in [6.07, 6.45) is 2.32. The molecule has 0 radical (unpaired) electrons. The van der Waals surface area contributed by atoms with Crippen LogP contribution >= 0.6 is 23.2 Å². The lowest BCUT2D eigenvalue weighted by Crippen LogP contribution is -2.55. The molecule has 10 heteroatoms. The summed E-state index contributed by atoms with van der Waals surface area (Å²) in [6.45, 7) is 3.52. The second-order valence-electron chi connectivity index (χ2n) is 12.2. The second-order valence-corrected chi connectivity index (χ2v) is 13.0. The summed E-state index contributed by atoms with van der Waals surface area (Å²) in [4.78, 5) is 18.2. The standard InChI is InChI=1S/C35H39Cl2N2O6/c1-42-29-18-24(19-30(43-2)32(29)44-3)33(41)39-16-17-45-35(22-39,25-8-9-27(36)28(37)21-25)12-15-38-13-10-34(11-14-38)26-7-5-4-6-23(26)20-31(34)40/h4-9,18-19,21,31H,10-17,20,22H2,1-3H3/q-1/t31?,35-/m0/s1. The summed E-state index contributed by atoms with van der Waals surface area (Å²) < 4.78 is 23.1. The Balaban J connectivity index is 1.23. The number of hydrogen-bond donors (Lipinski definition) is 0. The summed E-state index contributed by atoms with van der Waals surface area (Å²) in [6, 6.07) is 17.2. The van der Waals surface area contributed by atoms with Crippen molar-refractivity contribution < 1.29 is 28.8 Å². The number of benzene rings is 3. The van der Waals surface area contributed by atoms with Crippen LogP contribution in [0.5, 0.6) is 17.2 Å². The van der Waals surface area contributed by atoms with Crippen LogP contribution in [0.15, 0.2) is 54.6 Å². The van der Waals surface area contributed by atoms with Gasteiger partial charge in [-0.25, -0.2) is 0 Å². The maximum absolute atomic E-state index is 14.0. The van der Waals surface area contributed by atoms with Gasteiger partial charge in [-0.3, -0.25) is 4.79 Å². The fourth-order valence-electron chi connectivity index (χ4n) is 7.45. The molecule has 3 aliphatic rings. The number of carbonyl (C=O) groups excluding carboxylic acids is 1. The average molecular weight is 655 g/mol. The van der Waals surface area contributed by atoms with Gasteiger partial charge in [0, 0.05) is 18.7 Å². The normalized spacial score (nSPS) is 22.7. The van der Waals surface area contributed by atoms with E-state index < -0.39 is 11.7 Å². The quantitative estimate of drug-likeness (QED) is 0.335. The zero-order valence-electron chi connectivity index (χ0n) is 25.9. The van der Waals surface area contributed by atoms with Gasteiger partial charge in [0.15, 0.2) is 11.5 Å². The molecule has 45 heavy (non-hydrogen) atoms. The average Bonchev–Trinajstić information content (AvgIpc) is 3.34. The number of piperidine rings is 1. The minimum atomic E-state index is -0.807. The monoisotopic (exact) mass is 653 g/mol. The third-order valence-corrected chi connectivity index (χ3v) is 10.7.